The standard InChI is InChI=1S/C27H23N3OS/c1-20-12-14-22(15-13-20)25-18-30-24(19-32-27(30)28-25)16-26(31)29(23-10-6-3-7-11-23)17-21-8-4-2-5-9-21/h2-15,18-19H,16-17H2,1H3. The summed E-state index contributed by atoms with van der Waals surface area (Å²) < 4.78 is 2.05. The van der Waals surface area contributed by atoms with Crippen molar-refractivity contribution in [2.75, 3.05) is 4.90 Å². The average molecular weight is 438 g/mol. The molecule has 0 atom stereocenters. The largest absolute Gasteiger partial charge is 0.308 e. The molecule has 0 aliphatic rings. The van der Waals surface area contributed by atoms with Gasteiger partial charge in [-0.2, -0.15) is 0 Å². The number of fused-ring (bicyclic) bond motifs is 1. The Morgan fingerprint density at radius 1 is 0.938 bits per heavy atom. The molecule has 1 amide bonds. The summed E-state index contributed by atoms with van der Waals surface area (Å²) in [5.74, 6) is 0.0605. The lowest BCUT2D eigenvalue weighted by atomic mass is 10.1. The number of amides is 1. The van der Waals surface area contributed by atoms with Gasteiger partial charge in [0.05, 0.1) is 18.7 Å². The van der Waals surface area contributed by atoms with E-state index in [0.717, 1.165) is 33.2 Å². The molecular weight excluding hydrogens is 414 g/mol. The molecule has 0 N–H and O–H groups in total. The topological polar surface area (TPSA) is 37.6 Å². The van der Waals surface area contributed by atoms with E-state index in [9.17, 15) is 4.79 Å². The summed E-state index contributed by atoms with van der Waals surface area (Å²) in [6.45, 7) is 2.61. The van der Waals surface area contributed by atoms with Crippen molar-refractivity contribution in [3.8, 4) is 11.3 Å². The van der Waals surface area contributed by atoms with Crippen molar-refractivity contribution in [2.24, 2.45) is 0 Å². The number of anilines is 1. The SMILES string of the molecule is Cc1ccc(-c2cn3c(CC(=O)N(Cc4ccccc4)c4ccccc4)csc3n2)cc1. The maximum absolute atomic E-state index is 13.5. The lowest BCUT2D eigenvalue weighted by Crippen LogP contribution is -2.32. The molecule has 0 aliphatic heterocycles. The van der Waals surface area contributed by atoms with Gasteiger partial charge in [-0.05, 0) is 24.6 Å². The van der Waals surface area contributed by atoms with Crippen molar-refractivity contribution in [3.05, 3.63) is 113 Å². The van der Waals surface area contributed by atoms with Crippen LogP contribution in [0.25, 0.3) is 16.2 Å². The van der Waals surface area contributed by atoms with Crippen LogP contribution < -0.4 is 4.90 Å². The van der Waals surface area contributed by atoms with Crippen molar-refractivity contribution >= 4 is 27.9 Å². The van der Waals surface area contributed by atoms with E-state index >= 15 is 0 Å². The highest BCUT2D eigenvalue weighted by atomic mass is 32.1. The van der Waals surface area contributed by atoms with Crippen LogP contribution >= 0.6 is 11.3 Å². The first-order valence-corrected chi connectivity index (χ1v) is 11.5. The lowest BCUT2D eigenvalue weighted by Gasteiger charge is -2.23. The molecule has 0 aliphatic carbocycles. The van der Waals surface area contributed by atoms with Crippen LogP contribution in [0.1, 0.15) is 16.8 Å². The molecule has 32 heavy (non-hydrogen) atoms. The summed E-state index contributed by atoms with van der Waals surface area (Å²) in [6.07, 6.45) is 2.34. The summed E-state index contributed by atoms with van der Waals surface area (Å²) in [6, 6.07) is 28.3. The maximum atomic E-state index is 13.5. The third-order valence-corrected chi connectivity index (χ3v) is 6.40. The van der Waals surface area contributed by atoms with Crippen LogP contribution in [0.15, 0.2) is 96.5 Å². The van der Waals surface area contributed by atoms with Crippen molar-refractivity contribution in [3.63, 3.8) is 0 Å². The summed E-state index contributed by atoms with van der Waals surface area (Å²) >= 11 is 1.57. The number of hydrogen-bond acceptors (Lipinski definition) is 3. The second kappa shape index (κ2) is 8.81. The van der Waals surface area contributed by atoms with Crippen molar-refractivity contribution in [1.29, 1.82) is 0 Å². The average Bonchev–Trinajstić information content (AvgIpc) is 3.41. The minimum Gasteiger partial charge on any atom is -0.308 e. The van der Waals surface area contributed by atoms with Crippen LogP contribution in [0.3, 0.4) is 0 Å². The van der Waals surface area contributed by atoms with E-state index in [-0.39, 0.29) is 5.91 Å². The quantitative estimate of drug-likeness (QED) is 0.320. The third kappa shape index (κ3) is 4.20. The second-order valence-corrected chi connectivity index (χ2v) is 8.69. The number of hydrogen-bond donors (Lipinski definition) is 0. The van der Waals surface area contributed by atoms with E-state index in [4.69, 9.17) is 4.98 Å². The van der Waals surface area contributed by atoms with Gasteiger partial charge in [0.2, 0.25) is 5.91 Å². The smallest absolute Gasteiger partial charge is 0.233 e. The zero-order valence-corrected chi connectivity index (χ0v) is 18.6. The predicted octanol–water partition coefficient (Wildman–Crippen LogP) is 6.15. The molecule has 0 unspecified atom stereocenters. The van der Waals surface area contributed by atoms with E-state index in [1.807, 2.05) is 69.4 Å². The van der Waals surface area contributed by atoms with Gasteiger partial charge < -0.3 is 4.90 Å². The van der Waals surface area contributed by atoms with E-state index in [0.29, 0.717) is 13.0 Å². The van der Waals surface area contributed by atoms with Gasteiger partial charge in [0.25, 0.3) is 0 Å². The molecule has 0 bridgehead atoms. The van der Waals surface area contributed by atoms with Gasteiger partial charge in [-0.15, -0.1) is 11.3 Å². The fourth-order valence-corrected chi connectivity index (χ4v) is 4.64. The number of thiazole rings is 1. The highest BCUT2D eigenvalue weighted by molar-refractivity contribution is 7.15. The van der Waals surface area contributed by atoms with Crippen molar-refractivity contribution in [1.82, 2.24) is 9.38 Å². The number of nitrogens with zero attached hydrogens (tertiary/aromatic N) is 3. The fraction of sp³-hybridized carbons (Fsp3) is 0.111. The van der Waals surface area contributed by atoms with Crippen LogP contribution in [0.5, 0.6) is 0 Å². The first kappa shape index (κ1) is 20.2. The van der Waals surface area contributed by atoms with Crippen molar-refractivity contribution in [2.45, 2.75) is 19.9 Å². The number of imidazole rings is 1. The first-order chi connectivity index (χ1) is 15.7. The molecule has 2 heterocycles. The molecule has 4 nitrogen and oxygen atoms in total. The van der Waals surface area contributed by atoms with Gasteiger partial charge in [-0.1, -0.05) is 78.4 Å². The summed E-state index contributed by atoms with van der Waals surface area (Å²) in [5.41, 5.74) is 6.19. The Morgan fingerprint density at radius 3 is 2.34 bits per heavy atom. The third-order valence-electron chi connectivity index (χ3n) is 5.52. The zero-order valence-electron chi connectivity index (χ0n) is 17.8. The van der Waals surface area contributed by atoms with Crippen LogP contribution in [0, 0.1) is 6.92 Å². The zero-order chi connectivity index (χ0) is 21.9. The number of rotatable bonds is 6. The predicted molar refractivity (Wildman–Crippen MR) is 131 cm³/mol. The Morgan fingerprint density at radius 2 is 1.62 bits per heavy atom. The maximum Gasteiger partial charge on any atom is 0.233 e. The van der Waals surface area contributed by atoms with E-state index in [2.05, 4.69) is 43.3 Å². The van der Waals surface area contributed by atoms with Crippen molar-refractivity contribution < 1.29 is 4.79 Å². The fourth-order valence-electron chi connectivity index (χ4n) is 3.77. The Hall–Kier alpha value is -3.70. The number of para-hydroxylation sites is 1. The lowest BCUT2D eigenvalue weighted by molar-refractivity contribution is -0.118. The number of aromatic nitrogens is 2. The number of carbonyl (C=O) groups is 1. The molecule has 0 saturated heterocycles. The molecule has 5 rings (SSSR count). The summed E-state index contributed by atoms with van der Waals surface area (Å²) in [5, 5.41) is 2.03. The second-order valence-electron chi connectivity index (χ2n) is 7.85. The minimum absolute atomic E-state index is 0.0605. The number of carbonyl (C=O) groups excluding carboxylic acids is 1. The molecule has 5 heteroatoms. The summed E-state index contributed by atoms with van der Waals surface area (Å²) in [7, 11) is 0. The Labute approximate surface area is 191 Å². The van der Waals surface area contributed by atoms with E-state index < -0.39 is 0 Å². The van der Waals surface area contributed by atoms with Gasteiger partial charge >= 0.3 is 0 Å². The molecule has 158 valence electrons. The first-order valence-electron chi connectivity index (χ1n) is 10.6. The van der Waals surface area contributed by atoms with E-state index in [1.54, 1.807) is 11.3 Å². The van der Waals surface area contributed by atoms with Gasteiger partial charge in [0.15, 0.2) is 4.96 Å². The normalized spacial score (nSPS) is 11.0. The molecule has 0 fully saturated rings. The van der Waals surface area contributed by atoms with Gasteiger partial charge in [0, 0.05) is 28.5 Å². The molecule has 5 aromatic rings. The highest BCUT2D eigenvalue weighted by Crippen LogP contribution is 2.25. The van der Waals surface area contributed by atoms with Crippen LogP contribution in [0.2, 0.25) is 0 Å². The van der Waals surface area contributed by atoms with Gasteiger partial charge in [-0.3, -0.25) is 9.20 Å². The number of aryl methyl sites for hydroxylation is 1. The van der Waals surface area contributed by atoms with E-state index in [1.165, 1.54) is 5.56 Å². The van der Waals surface area contributed by atoms with Gasteiger partial charge in [-0.25, -0.2) is 4.98 Å². The molecule has 0 saturated carbocycles. The Balaban J connectivity index is 1.43. The van der Waals surface area contributed by atoms with Crippen LogP contribution in [-0.4, -0.2) is 15.3 Å². The highest BCUT2D eigenvalue weighted by Gasteiger charge is 2.19. The molecule has 3 aromatic carbocycles. The minimum atomic E-state index is 0.0605. The monoisotopic (exact) mass is 437 g/mol. The van der Waals surface area contributed by atoms with Crippen LogP contribution in [-0.2, 0) is 17.8 Å². The Kier molecular flexibility index (Phi) is 5.57. The summed E-state index contributed by atoms with van der Waals surface area (Å²) in [4.78, 5) is 21.0. The van der Waals surface area contributed by atoms with Crippen LogP contribution in [0.4, 0.5) is 5.69 Å². The molecular formula is C27H23N3OS. The number of benzene rings is 3. The molecule has 0 spiro atoms. The molecule has 0 radical (unpaired) electrons. The Bertz CT molecular complexity index is 1340. The van der Waals surface area contributed by atoms with Gasteiger partial charge in [0.1, 0.15) is 0 Å². The molecule has 2 aromatic heterocycles.